The van der Waals surface area contributed by atoms with Crippen LogP contribution in [0.4, 0.5) is 0 Å². The molecule has 0 aromatic heterocycles. The number of hydrogen-bond donors (Lipinski definition) is 1. The van der Waals surface area contributed by atoms with Crippen LogP contribution in [0.2, 0.25) is 0 Å². The number of benzene rings is 1. The maximum Gasteiger partial charge on any atom is 0.228 e. The smallest absolute Gasteiger partial charge is 0.228 e. The highest BCUT2D eigenvalue weighted by molar-refractivity contribution is 5.85. The van der Waals surface area contributed by atoms with Crippen LogP contribution in [0, 0.1) is 11.8 Å². The number of likely N-dealkylation sites (tertiary alicyclic amines) is 2. The number of nitrogens with one attached hydrogen (secondary N) is 1. The van der Waals surface area contributed by atoms with Crippen LogP contribution in [0.25, 0.3) is 0 Å². The average Bonchev–Trinajstić information content (AvgIpc) is 2.75. The fourth-order valence-electron chi connectivity index (χ4n) is 4.55. The van der Waals surface area contributed by atoms with Crippen molar-refractivity contribution in [1.29, 1.82) is 0 Å². The summed E-state index contributed by atoms with van der Waals surface area (Å²) >= 11 is 0. The minimum absolute atomic E-state index is 0.0376. The third-order valence-corrected chi connectivity index (χ3v) is 6.24. The van der Waals surface area contributed by atoms with Crippen molar-refractivity contribution in [2.75, 3.05) is 27.2 Å². The number of hydrogen-bond acceptors (Lipinski definition) is 4. The molecular weight excluding hydrogens is 382 g/mol. The normalized spacial score (nSPS) is 22.9. The molecule has 0 bridgehead atoms. The largest absolute Gasteiger partial charge is 0.497 e. The molecule has 2 atom stereocenters. The van der Waals surface area contributed by atoms with Gasteiger partial charge in [0.1, 0.15) is 5.75 Å². The van der Waals surface area contributed by atoms with Crippen molar-refractivity contribution < 1.29 is 19.1 Å². The summed E-state index contributed by atoms with van der Waals surface area (Å²) < 4.78 is 5.24. The Kier molecular flexibility index (Phi) is 7.00. The molecule has 3 rings (SSSR count). The Hall–Kier alpha value is -2.57. The molecule has 1 aromatic rings. The minimum atomic E-state index is -0.286. The summed E-state index contributed by atoms with van der Waals surface area (Å²) in [6, 6.07) is 7.43. The first kappa shape index (κ1) is 22.1. The lowest BCUT2D eigenvalue weighted by Gasteiger charge is -2.42. The SMILES string of the molecule is COc1ccc(C2C(C(=O)N3CCC(C(=O)NC(C)C)CC3)CCC(=O)N2C)cc1. The highest BCUT2D eigenvalue weighted by Crippen LogP contribution is 2.38. The van der Waals surface area contributed by atoms with Crippen molar-refractivity contribution in [3.8, 4) is 5.75 Å². The zero-order valence-corrected chi connectivity index (χ0v) is 18.4. The second-order valence-electron chi connectivity index (χ2n) is 8.63. The molecule has 30 heavy (non-hydrogen) atoms. The summed E-state index contributed by atoms with van der Waals surface area (Å²) in [5.74, 6) is 0.651. The van der Waals surface area contributed by atoms with Gasteiger partial charge in [0.05, 0.1) is 19.1 Å². The molecular formula is C23H33N3O4. The van der Waals surface area contributed by atoms with E-state index in [1.807, 2.05) is 43.0 Å². The zero-order chi connectivity index (χ0) is 21.8. The highest BCUT2D eigenvalue weighted by atomic mass is 16.5. The summed E-state index contributed by atoms with van der Waals surface area (Å²) in [7, 11) is 3.39. The third-order valence-electron chi connectivity index (χ3n) is 6.24. The van der Waals surface area contributed by atoms with Crippen molar-refractivity contribution >= 4 is 17.7 Å². The van der Waals surface area contributed by atoms with Gasteiger partial charge in [0.2, 0.25) is 17.7 Å². The Balaban J connectivity index is 1.71. The predicted octanol–water partition coefficient (Wildman–Crippen LogP) is 2.37. The fourth-order valence-corrected chi connectivity index (χ4v) is 4.55. The number of rotatable bonds is 5. The van der Waals surface area contributed by atoms with Crippen LogP contribution in [-0.4, -0.2) is 60.8 Å². The van der Waals surface area contributed by atoms with E-state index < -0.39 is 0 Å². The topological polar surface area (TPSA) is 79.0 Å². The van der Waals surface area contributed by atoms with E-state index >= 15 is 0 Å². The van der Waals surface area contributed by atoms with Crippen molar-refractivity contribution in [1.82, 2.24) is 15.1 Å². The first-order valence-corrected chi connectivity index (χ1v) is 10.8. The first-order chi connectivity index (χ1) is 14.3. The van der Waals surface area contributed by atoms with Gasteiger partial charge >= 0.3 is 0 Å². The number of amides is 3. The Labute approximate surface area is 178 Å². The van der Waals surface area contributed by atoms with Crippen molar-refractivity contribution in [3.63, 3.8) is 0 Å². The third kappa shape index (κ3) is 4.77. The maximum absolute atomic E-state index is 13.4. The molecule has 2 aliphatic heterocycles. The van der Waals surface area contributed by atoms with Crippen LogP contribution >= 0.6 is 0 Å². The van der Waals surface area contributed by atoms with Crippen LogP contribution in [0.15, 0.2) is 24.3 Å². The molecule has 2 unspecified atom stereocenters. The molecule has 0 aliphatic carbocycles. The Morgan fingerprint density at radius 3 is 2.30 bits per heavy atom. The number of ether oxygens (including phenoxy) is 1. The van der Waals surface area contributed by atoms with Crippen LogP contribution < -0.4 is 10.1 Å². The van der Waals surface area contributed by atoms with E-state index in [4.69, 9.17) is 4.74 Å². The van der Waals surface area contributed by atoms with Gasteiger partial charge in [-0.15, -0.1) is 0 Å². The molecule has 164 valence electrons. The summed E-state index contributed by atoms with van der Waals surface area (Å²) in [4.78, 5) is 41.7. The van der Waals surface area contributed by atoms with E-state index in [1.165, 1.54) is 0 Å². The van der Waals surface area contributed by atoms with E-state index in [0.717, 1.165) is 11.3 Å². The number of piperidine rings is 2. The molecule has 2 heterocycles. The molecule has 2 aliphatic rings. The van der Waals surface area contributed by atoms with Gasteiger partial charge in [-0.3, -0.25) is 14.4 Å². The van der Waals surface area contributed by atoms with Gasteiger partial charge in [0.15, 0.2) is 0 Å². The van der Waals surface area contributed by atoms with Crippen LogP contribution in [0.1, 0.15) is 51.1 Å². The lowest BCUT2D eigenvalue weighted by molar-refractivity contribution is -0.148. The molecule has 0 spiro atoms. The predicted molar refractivity (Wildman–Crippen MR) is 114 cm³/mol. The van der Waals surface area contributed by atoms with Gasteiger partial charge < -0.3 is 19.9 Å². The molecule has 7 nitrogen and oxygen atoms in total. The van der Waals surface area contributed by atoms with Crippen molar-refractivity contribution in [3.05, 3.63) is 29.8 Å². The van der Waals surface area contributed by atoms with Gasteiger partial charge in [-0.1, -0.05) is 12.1 Å². The van der Waals surface area contributed by atoms with Crippen molar-refractivity contribution in [2.24, 2.45) is 11.8 Å². The van der Waals surface area contributed by atoms with Gasteiger partial charge in [0.25, 0.3) is 0 Å². The number of nitrogens with zero attached hydrogens (tertiary/aromatic N) is 2. The van der Waals surface area contributed by atoms with Gasteiger partial charge in [-0.05, 0) is 50.8 Å². The fraction of sp³-hybridized carbons (Fsp3) is 0.609. The second kappa shape index (κ2) is 9.49. The van der Waals surface area contributed by atoms with Gasteiger partial charge in [-0.2, -0.15) is 0 Å². The highest BCUT2D eigenvalue weighted by Gasteiger charge is 2.41. The number of methoxy groups -OCH3 is 1. The average molecular weight is 416 g/mol. The summed E-state index contributed by atoms with van der Waals surface area (Å²) in [6.45, 7) is 5.07. The zero-order valence-electron chi connectivity index (χ0n) is 18.4. The second-order valence-corrected chi connectivity index (χ2v) is 8.63. The summed E-state index contributed by atoms with van der Waals surface area (Å²) in [5, 5.41) is 2.97. The Morgan fingerprint density at radius 1 is 1.10 bits per heavy atom. The maximum atomic E-state index is 13.4. The molecule has 2 fully saturated rings. The molecule has 0 radical (unpaired) electrons. The quantitative estimate of drug-likeness (QED) is 0.801. The molecule has 3 amide bonds. The minimum Gasteiger partial charge on any atom is -0.497 e. The van der Waals surface area contributed by atoms with E-state index in [9.17, 15) is 14.4 Å². The number of carbonyl (C=O) groups is 3. The van der Waals surface area contributed by atoms with Gasteiger partial charge in [0, 0.05) is 38.5 Å². The molecule has 1 aromatic carbocycles. The van der Waals surface area contributed by atoms with Crippen LogP contribution in [-0.2, 0) is 14.4 Å². The monoisotopic (exact) mass is 415 g/mol. The molecule has 0 saturated carbocycles. The standard InChI is InChI=1S/C23H33N3O4/c1-15(2)24-22(28)17-11-13-26(14-12-17)23(29)19-9-10-20(27)25(3)21(19)16-5-7-18(30-4)8-6-16/h5-8,15,17,19,21H,9-14H2,1-4H3,(H,24,28). The summed E-state index contributed by atoms with van der Waals surface area (Å²) in [6.07, 6.45) is 2.29. The van der Waals surface area contributed by atoms with E-state index in [0.29, 0.717) is 38.8 Å². The molecule has 7 heteroatoms. The van der Waals surface area contributed by atoms with Crippen molar-refractivity contribution in [2.45, 2.75) is 51.6 Å². The van der Waals surface area contributed by atoms with Crippen LogP contribution in [0.5, 0.6) is 5.75 Å². The summed E-state index contributed by atoms with van der Waals surface area (Å²) in [5.41, 5.74) is 0.941. The lowest BCUT2D eigenvalue weighted by Crippen LogP contribution is -2.50. The molecule has 1 N–H and O–H groups in total. The van der Waals surface area contributed by atoms with Crippen LogP contribution in [0.3, 0.4) is 0 Å². The molecule has 2 saturated heterocycles. The van der Waals surface area contributed by atoms with Gasteiger partial charge in [-0.25, -0.2) is 0 Å². The van der Waals surface area contributed by atoms with E-state index in [1.54, 1.807) is 19.1 Å². The first-order valence-electron chi connectivity index (χ1n) is 10.8. The van der Waals surface area contributed by atoms with E-state index in [-0.39, 0.29) is 41.6 Å². The Morgan fingerprint density at radius 2 is 1.73 bits per heavy atom. The Bertz CT molecular complexity index is 769. The lowest BCUT2D eigenvalue weighted by atomic mass is 9.83. The number of carbonyl (C=O) groups excluding carboxylic acids is 3. The van der Waals surface area contributed by atoms with E-state index in [2.05, 4.69) is 5.32 Å².